The summed E-state index contributed by atoms with van der Waals surface area (Å²) in [7, 11) is -2.13. The van der Waals surface area contributed by atoms with E-state index in [2.05, 4.69) is 51.6 Å². The third-order valence-electron chi connectivity index (χ3n) is 4.56. The average Bonchev–Trinajstić information content (AvgIpc) is 2.52. The SMILES string of the molecule is CC(C)(C)[Si@@](C)(OCc1ccccc1CO)c1ccccc1. The second-order valence-electron chi connectivity index (χ2n) is 6.86. The van der Waals surface area contributed by atoms with Crippen LogP contribution in [-0.2, 0) is 17.6 Å². The van der Waals surface area contributed by atoms with Crippen LogP contribution in [0.1, 0.15) is 31.9 Å². The lowest BCUT2D eigenvalue weighted by molar-refractivity contribution is 0.261. The Bertz CT molecular complexity index is 604. The van der Waals surface area contributed by atoms with Crippen LogP contribution in [0.15, 0.2) is 54.6 Å². The van der Waals surface area contributed by atoms with Crippen LogP contribution in [0.25, 0.3) is 0 Å². The molecule has 0 radical (unpaired) electrons. The zero-order valence-electron chi connectivity index (χ0n) is 14.0. The molecule has 2 nitrogen and oxygen atoms in total. The highest BCUT2D eigenvalue weighted by Gasteiger charge is 2.43. The molecule has 0 fully saturated rings. The molecule has 0 heterocycles. The summed E-state index contributed by atoms with van der Waals surface area (Å²) in [4.78, 5) is 0. The van der Waals surface area contributed by atoms with E-state index in [9.17, 15) is 5.11 Å². The first-order valence-corrected chi connectivity index (χ1v) is 10.2. The molecule has 0 aliphatic rings. The molecule has 0 aliphatic heterocycles. The molecule has 3 heteroatoms. The predicted molar refractivity (Wildman–Crippen MR) is 94.6 cm³/mol. The lowest BCUT2D eigenvalue weighted by Gasteiger charge is -2.40. The summed E-state index contributed by atoms with van der Waals surface area (Å²) in [6.07, 6.45) is 0. The van der Waals surface area contributed by atoms with Crippen LogP contribution in [-0.4, -0.2) is 13.4 Å². The minimum absolute atomic E-state index is 0.0542. The molecule has 2 aromatic rings. The lowest BCUT2D eigenvalue weighted by atomic mass is 10.1. The van der Waals surface area contributed by atoms with Gasteiger partial charge in [0, 0.05) is 0 Å². The smallest absolute Gasteiger partial charge is 0.226 e. The largest absolute Gasteiger partial charge is 0.408 e. The monoisotopic (exact) mass is 314 g/mol. The number of benzene rings is 2. The molecule has 1 atom stereocenters. The summed E-state index contributed by atoms with van der Waals surface area (Å²) in [5.41, 5.74) is 2.02. The fraction of sp³-hybridized carbons (Fsp3) is 0.368. The van der Waals surface area contributed by atoms with Crippen molar-refractivity contribution in [1.82, 2.24) is 0 Å². The maximum Gasteiger partial charge on any atom is 0.226 e. The molecule has 1 N–H and O–H groups in total. The Kier molecular flexibility index (Phi) is 5.22. The molecular weight excluding hydrogens is 288 g/mol. The van der Waals surface area contributed by atoms with E-state index >= 15 is 0 Å². The van der Waals surface area contributed by atoms with Crippen molar-refractivity contribution >= 4 is 13.5 Å². The summed E-state index contributed by atoms with van der Waals surface area (Å²) in [6, 6.07) is 18.5. The summed E-state index contributed by atoms with van der Waals surface area (Å²) in [6.45, 7) is 9.65. The molecule has 0 spiro atoms. The van der Waals surface area contributed by atoms with Crippen LogP contribution >= 0.6 is 0 Å². The van der Waals surface area contributed by atoms with Gasteiger partial charge in [-0.2, -0.15) is 0 Å². The number of rotatable bonds is 5. The van der Waals surface area contributed by atoms with E-state index in [-0.39, 0.29) is 11.6 Å². The lowest BCUT2D eigenvalue weighted by Crippen LogP contribution is -2.55. The van der Waals surface area contributed by atoms with Gasteiger partial charge in [0.2, 0.25) is 8.32 Å². The highest BCUT2D eigenvalue weighted by atomic mass is 28.4. The van der Waals surface area contributed by atoms with E-state index in [0.29, 0.717) is 6.61 Å². The first-order valence-electron chi connectivity index (χ1n) is 7.75. The van der Waals surface area contributed by atoms with Gasteiger partial charge in [0.15, 0.2) is 0 Å². The van der Waals surface area contributed by atoms with Crippen LogP contribution in [0.4, 0.5) is 0 Å². The topological polar surface area (TPSA) is 29.5 Å². The summed E-state index contributed by atoms with van der Waals surface area (Å²) >= 11 is 0. The molecule has 0 aromatic heterocycles. The quantitative estimate of drug-likeness (QED) is 0.846. The first kappa shape index (κ1) is 16.9. The van der Waals surface area contributed by atoms with E-state index < -0.39 is 8.32 Å². The molecular formula is C19H26O2Si. The van der Waals surface area contributed by atoms with Crippen LogP contribution in [0.3, 0.4) is 0 Å². The number of hydrogen-bond donors (Lipinski definition) is 1. The van der Waals surface area contributed by atoms with Crippen molar-refractivity contribution in [3.63, 3.8) is 0 Å². The Hall–Kier alpha value is -1.42. The van der Waals surface area contributed by atoms with Gasteiger partial charge in [-0.1, -0.05) is 75.4 Å². The van der Waals surface area contributed by atoms with Gasteiger partial charge >= 0.3 is 0 Å². The van der Waals surface area contributed by atoms with Crippen molar-refractivity contribution in [2.45, 2.75) is 45.6 Å². The van der Waals surface area contributed by atoms with E-state index in [1.54, 1.807) is 0 Å². The summed E-state index contributed by atoms with van der Waals surface area (Å²) in [5, 5.41) is 10.9. The van der Waals surface area contributed by atoms with Crippen LogP contribution in [0.2, 0.25) is 11.6 Å². The predicted octanol–water partition coefficient (Wildman–Crippen LogP) is 3.98. The van der Waals surface area contributed by atoms with Gasteiger partial charge in [-0.05, 0) is 27.9 Å². The van der Waals surface area contributed by atoms with Gasteiger partial charge in [-0.15, -0.1) is 0 Å². The Morgan fingerprint density at radius 2 is 1.45 bits per heavy atom. The van der Waals surface area contributed by atoms with Gasteiger partial charge in [-0.3, -0.25) is 0 Å². The number of aliphatic hydroxyl groups excluding tert-OH is 1. The second kappa shape index (κ2) is 6.78. The summed E-state index contributed by atoms with van der Waals surface area (Å²) in [5.74, 6) is 0. The Labute approximate surface area is 134 Å². The Balaban J connectivity index is 2.29. The van der Waals surface area contributed by atoms with Gasteiger partial charge in [0.25, 0.3) is 0 Å². The summed E-state index contributed by atoms with van der Waals surface area (Å²) < 4.78 is 6.54. The zero-order chi connectivity index (χ0) is 16.2. The maximum atomic E-state index is 9.48. The third-order valence-corrected chi connectivity index (χ3v) is 9.58. The van der Waals surface area contributed by atoms with Crippen molar-refractivity contribution in [3.05, 3.63) is 65.7 Å². The molecule has 0 unspecified atom stereocenters. The molecule has 0 saturated carbocycles. The van der Waals surface area contributed by atoms with Gasteiger partial charge < -0.3 is 9.53 Å². The van der Waals surface area contributed by atoms with E-state index in [1.165, 1.54) is 5.19 Å². The van der Waals surface area contributed by atoms with E-state index in [1.807, 2.05) is 30.3 Å². The Morgan fingerprint density at radius 3 is 2.00 bits per heavy atom. The molecule has 118 valence electrons. The van der Waals surface area contributed by atoms with Crippen molar-refractivity contribution in [1.29, 1.82) is 0 Å². The highest BCUT2D eigenvalue weighted by molar-refractivity contribution is 6.87. The first-order chi connectivity index (χ1) is 10.4. The van der Waals surface area contributed by atoms with Gasteiger partial charge in [-0.25, -0.2) is 0 Å². The molecule has 2 aromatic carbocycles. The van der Waals surface area contributed by atoms with Crippen molar-refractivity contribution < 1.29 is 9.53 Å². The fourth-order valence-electron chi connectivity index (χ4n) is 2.56. The molecule has 0 amide bonds. The minimum atomic E-state index is -2.13. The van der Waals surface area contributed by atoms with Crippen LogP contribution < -0.4 is 5.19 Å². The van der Waals surface area contributed by atoms with Crippen molar-refractivity contribution in [2.75, 3.05) is 0 Å². The minimum Gasteiger partial charge on any atom is -0.408 e. The van der Waals surface area contributed by atoms with E-state index in [0.717, 1.165) is 11.1 Å². The molecule has 0 bridgehead atoms. The van der Waals surface area contributed by atoms with Crippen LogP contribution in [0.5, 0.6) is 0 Å². The van der Waals surface area contributed by atoms with Crippen LogP contribution in [0, 0.1) is 0 Å². The van der Waals surface area contributed by atoms with E-state index in [4.69, 9.17) is 4.43 Å². The Morgan fingerprint density at radius 1 is 0.909 bits per heavy atom. The molecule has 22 heavy (non-hydrogen) atoms. The number of hydrogen-bond acceptors (Lipinski definition) is 2. The fourth-order valence-corrected chi connectivity index (χ4v) is 5.30. The second-order valence-corrected chi connectivity index (χ2v) is 11.3. The van der Waals surface area contributed by atoms with Crippen molar-refractivity contribution in [2.24, 2.45) is 0 Å². The number of aliphatic hydroxyl groups is 1. The normalized spacial score (nSPS) is 14.6. The standard InChI is InChI=1S/C19H26O2Si/c1-19(2,3)22(4,18-12-6-5-7-13-18)21-15-17-11-9-8-10-16(17)14-20/h5-13,20H,14-15H2,1-4H3/t22-/m0/s1. The molecule has 0 saturated heterocycles. The maximum absolute atomic E-state index is 9.48. The van der Waals surface area contributed by atoms with Crippen molar-refractivity contribution in [3.8, 4) is 0 Å². The molecule has 0 aliphatic carbocycles. The third kappa shape index (κ3) is 3.49. The highest BCUT2D eigenvalue weighted by Crippen LogP contribution is 2.37. The average molecular weight is 315 g/mol. The van der Waals surface area contributed by atoms with Gasteiger partial charge in [0.1, 0.15) is 0 Å². The molecule has 2 rings (SSSR count). The zero-order valence-corrected chi connectivity index (χ0v) is 15.0. The van der Waals surface area contributed by atoms with Gasteiger partial charge in [0.05, 0.1) is 13.2 Å².